The number of nitrogens with one attached hydrogen (secondary N) is 1. The van der Waals surface area contributed by atoms with Crippen LogP contribution in [0.1, 0.15) is 63.7 Å². The first-order valence-corrected chi connectivity index (χ1v) is 11.1. The minimum absolute atomic E-state index is 0.0982. The van der Waals surface area contributed by atoms with Crippen molar-refractivity contribution in [2.75, 3.05) is 20.3 Å². The molecular weight excluding hydrogens is 412 g/mol. The third kappa shape index (κ3) is 4.90. The van der Waals surface area contributed by atoms with Crippen LogP contribution < -0.4 is 14.8 Å². The number of hydrogen-bond acceptors (Lipinski definition) is 6. The molecular formula is C24H34N2O6. The first-order valence-electron chi connectivity index (χ1n) is 11.1. The van der Waals surface area contributed by atoms with Crippen molar-refractivity contribution in [3.63, 3.8) is 0 Å². The van der Waals surface area contributed by atoms with E-state index < -0.39 is 17.7 Å². The second-order valence-corrected chi connectivity index (χ2v) is 9.95. The molecule has 1 aliphatic carbocycles. The third-order valence-electron chi connectivity index (χ3n) is 6.70. The number of Topliss-reactive ketones (excluding diaryl/α,β-unsaturated/α-hetero) is 1. The molecule has 176 valence electrons. The topological polar surface area (TPSA) is 105 Å². The summed E-state index contributed by atoms with van der Waals surface area (Å²) >= 11 is 0. The first-order chi connectivity index (χ1) is 15.0. The molecule has 2 N–H and O–H groups in total. The van der Waals surface area contributed by atoms with Gasteiger partial charge < -0.3 is 19.9 Å². The summed E-state index contributed by atoms with van der Waals surface area (Å²) in [6, 6.07) is 4.31. The third-order valence-corrected chi connectivity index (χ3v) is 6.70. The van der Waals surface area contributed by atoms with E-state index in [1.807, 2.05) is 0 Å². The summed E-state index contributed by atoms with van der Waals surface area (Å²) in [6.07, 6.45) is 1.92. The number of methoxy groups -OCH3 is 1. The van der Waals surface area contributed by atoms with Crippen molar-refractivity contribution in [1.82, 2.24) is 10.2 Å². The van der Waals surface area contributed by atoms with Crippen molar-refractivity contribution in [1.29, 1.82) is 0 Å². The Morgan fingerprint density at radius 2 is 1.91 bits per heavy atom. The maximum atomic E-state index is 13.1. The van der Waals surface area contributed by atoms with Crippen LogP contribution in [0.4, 0.5) is 4.79 Å². The summed E-state index contributed by atoms with van der Waals surface area (Å²) in [5, 5.41) is 13.3. The van der Waals surface area contributed by atoms with Gasteiger partial charge in [-0.1, -0.05) is 20.8 Å². The van der Waals surface area contributed by atoms with E-state index in [9.17, 15) is 19.5 Å². The number of benzene rings is 1. The molecule has 1 aliphatic heterocycles. The van der Waals surface area contributed by atoms with Crippen molar-refractivity contribution >= 4 is 17.7 Å². The molecule has 2 fully saturated rings. The number of amides is 3. The van der Waals surface area contributed by atoms with Gasteiger partial charge in [-0.15, -0.1) is 0 Å². The number of hydrogen-bond donors (Lipinski definition) is 2. The standard InChI is InChI=1S/C24H34N2O6/c1-15(27)16-6-7-19(20(12-16)31-5)32-14-18(28)13-26-21(29)24(25-22(26)30)10-8-17(9-11-24)23(2,3)4/h6-7,12,17-18,28H,8-11,13-14H2,1-5H3,(H,25,30). The zero-order chi connectivity index (χ0) is 23.7. The monoisotopic (exact) mass is 446 g/mol. The number of ether oxygens (including phenoxy) is 2. The van der Waals surface area contributed by atoms with Gasteiger partial charge in [-0.2, -0.15) is 0 Å². The highest BCUT2D eigenvalue weighted by Crippen LogP contribution is 2.43. The fourth-order valence-corrected chi connectivity index (χ4v) is 4.61. The average Bonchev–Trinajstić information content (AvgIpc) is 2.95. The quantitative estimate of drug-likeness (QED) is 0.492. The molecule has 1 atom stereocenters. The Hall–Kier alpha value is -2.61. The van der Waals surface area contributed by atoms with E-state index in [0.717, 1.165) is 17.7 Å². The second-order valence-electron chi connectivity index (χ2n) is 9.95. The van der Waals surface area contributed by atoms with E-state index in [-0.39, 0.29) is 30.3 Å². The Labute approximate surface area is 189 Å². The van der Waals surface area contributed by atoms with E-state index in [1.165, 1.54) is 14.0 Å². The van der Waals surface area contributed by atoms with Crippen LogP contribution in [0.15, 0.2) is 18.2 Å². The van der Waals surface area contributed by atoms with Gasteiger partial charge in [0.15, 0.2) is 17.3 Å². The van der Waals surface area contributed by atoms with Gasteiger partial charge >= 0.3 is 6.03 Å². The zero-order valence-electron chi connectivity index (χ0n) is 19.6. The molecule has 3 rings (SSSR count). The molecule has 1 aromatic rings. The van der Waals surface area contributed by atoms with Crippen molar-refractivity contribution in [3.05, 3.63) is 23.8 Å². The zero-order valence-corrected chi connectivity index (χ0v) is 19.6. The molecule has 8 nitrogen and oxygen atoms in total. The van der Waals surface area contributed by atoms with Crippen molar-refractivity contribution in [3.8, 4) is 11.5 Å². The van der Waals surface area contributed by atoms with E-state index in [4.69, 9.17) is 9.47 Å². The van der Waals surface area contributed by atoms with Crippen molar-refractivity contribution < 1.29 is 29.0 Å². The number of nitrogens with zero attached hydrogens (tertiary/aromatic N) is 1. The number of carbonyl (C=O) groups is 3. The lowest BCUT2D eigenvalue weighted by atomic mass is 9.67. The van der Waals surface area contributed by atoms with Crippen LogP contribution in [0.25, 0.3) is 0 Å². The number of urea groups is 1. The SMILES string of the molecule is COc1cc(C(C)=O)ccc1OCC(O)CN1C(=O)NC2(CCC(C(C)(C)C)CC2)C1=O. The molecule has 1 unspecified atom stereocenters. The Balaban J connectivity index is 1.59. The predicted molar refractivity (Wildman–Crippen MR) is 119 cm³/mol. The van der Waals surface area contributed by atoms with E-state index in [2.05, 4.69) is 26.1 Å². The lowest BCUT2D eigenvalue weighted by molar-refractivity contribution is -0.134. The fraction of sp³-hybridized carbons (Fsp3) is 0.625. The summed E-state index contributed by atoms with van der Waals surface area (Å²) in [4.78, 5) is 38.3. The summed E-state index contributed by atoms with van der Waals surface area (Å²) in [5.41, 5.74) is -0.199. The Morgan fingerprint density at radius 1 is 1.25 bits per heavy atom. The van der Waals surface area contributed by atoms with Gasteiger partial charge in [0.1, 0.15) is 18.2 Å². The second kappa shape index (κ2) is 9.10. The summed E-state index contributed by atoms with van der Waals surface area (Å²) in [7, 11) is 1.46. The largest absolute Gasteiger partial charge is 0.493 e. The normalized spacial score (nSPS) is 24.4. The van der Waals surface area contributed by atoms with E-state index >= 15 is 0 Å². The van der Waals surface area contributed by atoms with Gasteiger partial charge in [-0.3, -0.25) is 14.5 Å². The number of rotatable bonds is 7. The molecule has 1 saturated carbocycles. The summed E-state index contributed by atoms with van der Waals surface area (Å²) in [6.45, 7) is 7.79. The minimum atomic E-state index is -1.07. The summed E-state index contributed by atoms with van der Waals surface area (Å²) in [5.74, 6) is 0.881. The van der Waals surface area contributed by atoms with Crippen LogP contribution >= 0.6 is 0 Å². The van der Waals surface area contributed by atoms with Crippen LogP contribution in [0, 0.1) is 11.3 Å². The lowest BCUT2D eigenvalue weighted by Crippen LogP contribution is -2.51. The van der Waals surface area contributed by atoms with Crippen LogP contribution in [0.5, 0.6) is 11.5 Å². The van der Waals surface area contributed by atoms with Gasteiger partial charge in [-0.05, 0) is 62.1 Å². The Morgan fingerprint density at radius 3 is 2.47 bits per heavy atom. The number of aliphatic hydroxyl groups excluding tert-OH is 1. The molecule has 1 heterocycles. The predicted octanol–water partition coefficient (Wildman–Crippen LogP) is 3.16. The molecule has 0 radical (unpaired) electrons. The number of β-amino-alcohol motifs (C(OH)–C–C–N with tert-alkyl or cyclic N) is 1. The highest BCUT2D eigenvalue weighted by atomic mass is 16.5. The maximum Gasteiger partial charge on any atom is 0.325 e. The molecule has 3 amide bonds. The number of imide groups is 1. The van der Waals surface area contributed by atoms with Crippen LogP contribution in [0.3, 0.4) is 0 Å². The Kier molecular flexibility index (Phi) is 6.83. The van der Waals surface area contributed by atoms with E-state index in [1.54, 1.807) is 18.2 Å². The molecule has 2 aliphatic rings. The van der Waals surface area contributed by atoms with Crippen LogP contribution in [-0.4, -0.2) is 59.6 Å². The molecule has 1 spiro atoms. The highest BCUT2D eigenvalue weighted by molar-refractivity contribution is 6.07. The average molecular weight is 447 g/mol. The van der Waals surface area contributed by atoms with Crippen LogP contribution in [0.2, 0.25) is 0 Å². The Bertz CT molecular complexity index is 883. The van der Waals surface area contributed by atoms with Crippen molar-refractivity contribution in [2.45, 2.75) is 65.0 Å². The molecule has 8 heteroatoms. The van der Waals surface area contributed by atoms with Gasteiger partial charge in [-0.25, -0.2) is 4.79 Å². The number of aliphatic hydroxyl groups is 1. The van der Waals surface area contributed by atoms with Gasteiger partial charge in [0.2, 0.25) is 0 Å². The molecule has 0 bridgehead atoms. The first kappa shape index (κ1) is 24.0. The fourth-order valence-electron chi connectivity index (χ4n) is 4.61. The van der Waals surface area contributed by atoms with Crippen molar-refractivity contribution in [2.24, 2.45) is 11.3 Å². The van der Waals surface area contributed by atoms with E-state index in [0.29, 0.717) is 35.8 Å². The van der Waals surface area contributed by atoms with Gasteiger partial charge in [0.05, 0.1) is 13.7 Å². The van der Waals surface area contributed by atoms with Crippen LogP contribution in [-0.2, 0) is 4.79 Å². The molecule has 32 heavy (non-hydrogen) atoms. The maximum absolute atomic E-state index is 13.1. The van der Waals surface area contributed by atoms with Gasteiger partial charge in [0.25, 0.3) is 5.91 Å². The van der Waals surface area contributed by atoms with Gasteiger partial charge in [0, 0.05) is 5.56 Å². The molecule has 1 saturated heterocycles. The molecule has 1 aromatic carbocycles. The smallest absolute Gasteiger partial charge is 0.325 e. The minimum Gasteiger partial charge on any atom is -0.493 e. The lowest BCUT2D eigenvalue weighted by Gasteiger charge is -2.40. The molecule has 0 aromatic heterocycles. The highest BCUT2D eigenvalue weighted by Gasteiger charge is 2.53. The summed E-state index contributed by atoms with van der Waals surface area (Å²) < 4.78 is 10.9. The number of ketones is 1. The number of carbonyl (C=O) groups excluding carboxylic acids is 3.